The molecule has 96 valence electrons. The van der Waals surface area contributed by atoms with E-state index in [1.807, 2.05) is 0 Å². The van der Waals surface area contributed by atoms with Gasteiger partial charge in [-0.1, -0.05) is 34.6 Å². The highest BCUT2D eigenvalue weighted by Gasteiger charge is 2.40. The van der Waals surface area contributed by atoms with Crippen LogP contribution in [0.25, 0.3) is 0 Å². The van der Waals surface area contributed by atoms with Crippen molar-refractivity contribution in [3.8, 4) is 0 Å². The molecule has 2 atom stereocenters. The second kappa shape index (κ2) is 4.66. The van der Waals surface area contributed by atoms with E-state index in [1.165, 1.54) is 6.42 Å². The molecule has 0 aromatic rings. The molecule has 0 heterocycles. The summed E-state index contributed by atoms with van der Waals surface area (Å²) in [7, 11) is 2.17. The zero-order valence-electron chi connectivity index (χ0n) is 11.9. The summed E-state index contributed by atoms with van der Waals surface area (Å²) in [6, 6.07) is 0. The number of rotatable bonds is 3. The minimum atomic E-state index is -0.130. The van der Waals surface area contributed by atoms with Crippen molar-refractivity contribution >= 4 is 0 Å². The van der Waals surface area contributed by atoms with Crippen LogP contribution in [0.3, 0.4) is 0 Å². The van der Waals surface area contributed by atoms with Gasteiger partial charge < -0.3 is 10.0 Å². The van der Waals surface area contributed by atoms with Crippen LogP contribution in [-0.4, -0.2) is 36.2 Å². The second-order valence-corrected chi connectivity index (χ2v) is 7.49. The Labute approximate surface area is 101 Å². The zero-order valence-corrected chi connectivity index (χ0v) is 11.9. The van der Waals surface area contributed by atoms with E-state index in [9.17, 15) is 5.11 Å². The average molecular weight is 227 g/mol. The Balaban J connectivity index is 2.44. The van der Waals surface area contributed by atoms with E-state index in [0.29, 0.717) is 11.3 Å². The standard InChI is InChI=1S/C14H29NO/c1-13(2,3)10-15(6)9-11-7-8-14(4,5)12(11)16/h11-12,16H,7-10H2,1-6H3. The zero-order chi connectivity index (χ0) is 12.6. The van der Waals surface area contributed by atoms with Crippen molar-refractivity contribution in [2.75, 3.05) is 20.1 Å². The van der Waals surface area contributed by atoms with Crippen molar-refractivity contribution in [1.82, 2.24) is 4.90 Å². The number of nitrogens with zero attached hydrogens (tertiary/aromatic N) is 1. The lowest BCUT2D eigenvalue weighted by Gasteiger charge is -2.31. The lowest BCUT2D eigenvalue weighted by atomic mass is 9.87. The summed E-state index contributed by atoms with van der Waals surface area (Å²) in [4.78, 5) is 2.37. The first-order chi connectivity index (χ1) is 7.12. The smallest absolute Gasteiger partial charge is 0.0631 e. The average Bonchev–Trinajstić information content (AvgIpc) is 2.28. The molecule has 2 heteroatoms. The van der Waals surface area contributed by atoms with E-state index >= 15 is 0 Å². The number of aliphatic hydroxyl groups is 1. The van der Waals surface area contributed by atoms with Crippen LogP contribution >= 0.6 is 0 Å². The van der Waals surface area contributed by atoms with Gasteiger partial charge in [-0.2, -0.15) is 0 Å². The summed E-state index contributed by atoms with van der Waals surface area (Å²) < 4.78 is 0. The largest absolute Gasteiger partial charge is 0.392 e. The molecule has 2 unspecified atom stereocenters. The van der Waals surface area contributed by atoms with Gasteiger partial charge in [-0.3, -0.25) is 0 Å². The third-order valence-corrected chi connectivity index (χ3v) is 3.70. The summed E-state index contributed by atoms with van der Waals surface area (Å²) in [5, 5.41) is 10.2. The van der Waals surface area contributed by atoms with Gasteiger partial charge >= 0.3 is 0 Å². The molecule has 0 saturated heterocycles. The lowest BCUT2D eigenvalue weighted by Crippen LogP contribution is -2.38. The predicted molar refractivity (Wildman–Crippen MR) is 69.5 cm³/mol. The first-order valence-corrected chi connectivity index (χ1v) is 6.48. The van der Waals surface area contributed by atoms with Gasteiger partial charge in [0.05, 0.1) is 6.10 Å². The molecule has 1 saturated carbocycles. The minimum absolute atomic E-state index is 0.118. The Morgan fingerprint density at radius 2 is 1.88 bits per heavy atom. The normalized spacial score (nSPS) is 30.0. The highest BCUT2D eigenvalue weighted by molar-refractivity contribution is 4.92. The molecule has 0 aromatic heterocycles. The lowest BCUT2D eigenvalue weighted by molar-refractivity contribution is 0.0323. The monoisotopic (exact) mass is 227 g/mol. The molecule has 1 rings (SSSR count). The molecule has 16 heavy (non-hydrogen) atoms. The van der Waals surface area contributed by atoms with Crippen molar-refractivity contribution < 1.29 is 5.11 Å². The SMILES string of the molecule is CN(CC1CCC(C)(C)C1O)CC(C)(C)C. The fourth-order valence-corrected chi connectivity index (χ4v) is 2.97. The third-order valence-electron chi connectivity index (χ3n) is 3.70. The summed E-state index contributed by atoms with van der Waals surface area (Å²) in [5.41, 5.74) is 0.459. The van der Waals surface area contributed by atoms with E-state index in [-0.39, 0.29) is 11.5 Å². The molecule has 0 radical (unpaired) electrons. The van der Waals surface area contributed by atoms with Crippen LogP contribution < -0.4 is 0 Å². The highest BCUT2D eigenvalue weighted by atomic mass is 16.3. The van der Waals surface area contributed by atoms with E-state index in [0.717, 1.165) is 19.5 Å². The van der Waals surface area contributed by atoms with Gasteiger partial charge in [0.1, 0.15) is 0 Å². The topological polar surface area (TPSA) is 23.5 Å². The van der Waals surface area contributed by atoms with Crippen LogP contribution in [0, 0.1) is 16.7 Å². The van der Waals surface area contributed by atoms with Crippen molar-refractivity contribution in [1.29, 1.82) is 0 Å². The third kappa shape index (κ3) is 3.74. The van der Waals surface area contributed by atoms with Crippen LogP contribution in [0.15, 0.2) is 0 Å². The fraction of sp³-hybridized carbons (Fsp3) is 1.00. The molecule has 1 aliphatic carbocycles. The summed E-state index contributed by atoms with van der Waals surface area (Å²) in [6.07, 6.45) is 2.19. The Bertz CT molecular complexity index is 229. The molecule has 0 amide bonds. The van der Waals surface area contributed by atoms with Gasteiger partial charge in [0.25, 0.3) is 0 Å². The molecular formula is C14H29NO. The Morgan fingerprint density at radius 3 is 2.25 bits per heavy atom. The van der Waals surface area contributed by atoms with Crippen LogP contribution in [0.1, 0.15) is 47.5 Å². The molecule has 1 aliphatic rings. The first kappa shape index (κ1) is 14.0. The van der Waals surface area contributed by atoms with Crippen LogP contribution in [0.2, 0.25) is 0 Å². The maximum absolute atomic E-state index is 10.2. The van der Waals surface area contributed by atoms with E-state index in [1.54, 1.807) is 0 Å². The predicted octanol–water partition coefficient (Wildman–Crippen LogP) is 2.76. The quantitative estimate of drug-likeness (QED) is 0.801. The molecule has 1 N–H and O–H groups in total. The molecule has 1 fully saturated rings. The van der Waals surface area contributed by atoms with Crippen LogP contribution in [0.4, 0.5) is 0 Å². The molecule has 0 bridgehead atoms. The maximum atomic E-state index is 10.2. The maximum Gasteiger partial charge on any atom is 0.0631 e. The van der Waals surface area contributed by atoms with Gasteiger partial charge in [-0.05, 0) is 36.6 Å². The van der Waals surface area contributed by atoms with Gasteiger partial charge in [-0.15, -0.1) is 0 Å². The Morgan fingerprint density at radius 1 is 1.31 bits per heavy atom. The van der Waals surface area contributed by atoms with Crippen molar-refractivity contribution in [3.63, 3.8) is 0 Å². The number of hydrogen-bond donors (Lipinski definition) is 1. The molecule has 0 spiro atoms. The first-order valence-electron chi connectivity index (χ1n) is 6.48. The molecular weight excluding hydrogens is 198 g/mol. The molecule has 2 nitrogen and oxygen atoms in total. The Hall–Kier alpha value is -0.0800. The van der Waals surface area contributed by atoms with Crippen LogP contribution in [0.5, 0.6) is 0 Å². The number of aliphatic hydroxyl groups excluding tert-OH is 1. The second-order valence-electron chi connectivity index (χ2n) is 7.49. The fourth-order valence-electron chi connectivity index (χ4n) is 2.97. The molecule has 0 aromatic carbocycles. The molecule has 0 aliphatic heterocycles. The van der Waals surface area contributed by atoms with Gasteiger partial charge in [-0.25, -0.2) is 0 Å². The number of hydrogen-bond acceptors (Lipinski definition) is 2. The van der Waals surface area contributed by atoms with Gasteiger partial charge in [0, 0.05) is 13.1 Å². The van der Waals surface area contributed by atoms with Crippen molar-refractivity contribution in [2.24, 2.45) is 16.7 Å². The van der Waals surface area contributed by atoms with Crippen molar-refractivity contribution in [2.45, 2.75) is 53.6 Å². The summed E-state index contributed by atoms with van der Waals surface area (Å²) in [5.74, 6) is 0.461. The van der Waals surface area contributed by atoms with Gasteiger partial charge in [0.15, 0.2) is 0 Å². The van der Waals surface area contributed by atoms with E-state index in [2.05, 4.69) is 46.6 Å². The summed E-state index contributed by atoms with van der Waals surface area (Å²) in [6.45, 7) is 13.3. The Kier molecular flexibility index (Phi) is 4.07. The minimum Gasteiger partial charge on any atom is -0.392 e. The van der Waals surface area contributed by atoms with Gasteiger partial charge in [0.2, 0.25) is 0 Å². The van der Waals surface area contributed by atoms with Crippen molar-refractivity contribution in [3.05, 3.63) is 0 Å². The van der Waals surface area contributed by atoms with E-state index < -0.39 is 0 Å². The van der Waals surface area contributed by atoms with Crippen LogP contribution in [-0.2, 0) is 0 Å². The summed E-state index contributed by atoms with van der Waals surface area (Å²) >= 11 is 0. The highest BCUT2D eigenvalue weighted by Crippen LogP contribution is 2.41. The van der Waals surface area contributed by atoms with E-state index in [4.69, 9.17) is 0 Å².